The van der Waals surface area contributed by atoms with Gasteiger partial charge < -0.3 is 0 Å². The monoisotopic (exact) mass is 485 g/mol. The van der Waals surface area contributed by atoms with Crippen molar-refractivity contribution < 1.29 is 13.2 Å². The van der Waals surface area contributed by atoms with Crippen molar-refractivity contribution in [3.8, 4) is 0 Å². The zero-order chi connectivity index (χ0) is 22.9. The van der Waals surface area contributed by atoms with Crippen LogP contribution >= 0.6 is 22.9 Å². The summed E-state index contributed by atoms with van der Waals surface area (Å²) in [5.74, 6) is -1.26. The molecular formula is C23H20ClN3O3S2. The summed E-state index contributed by atoms with van der Waals surface area (Å²) in [6.07, 6.45) is 1.63. The summed E-state index contributed by atoms with van der Waals surface area (Å²) < 4.78 is 26.7. The number of rotatable bonds is 6. The third-order valence-corrected chi connectivity index (χ3v) is 7.97. The number of halogens is 1. The Morgan fingerprint density at radius 1 is 1.09 bits per heavy atom. The molecule has 0 unspecified atom stereocenters. The molecule has 0 saturated heterocycles. The van der Waals surface area contributed by atoms with Crippen LogP contribution in [-0.4, -0.2) is 30.0 Å². The first-order chi connectivity index (χ1) is 15.2. The highest BCUT2D eigenvalue weighted by atomic mass is 35.5. The van der Waals surface area contributed by atoms with Crippen molar-refractivity contribution in [2.24, 2.45) is 0 Å². The number of benzene rings is 2. The van der Waals surface area contributed by atoms with Crippen molar-refractivity contribution in [3.63, 3.8) is 0 Å². The van der Waals surface area contributed by atoms with E-state index < -0.39 is 21.5 Å². The quantitative estimate of drug-likeness (QED) is 0.385. The summed E-state index contributed by atoms with van der Waals surface area (Å²) in [5.41, 5.74) is 3.54. The summed E-state index contributed by atoms with van der Waals surface area (Å²) in [4.78, 5) is 23.7. The van der Waals surface area contributed by atoms with E-state index in [4.69, 9.17) is 11.6 Å². The molecule has 2 aromatic carbocycles. The molecule has 0 fully saturated rings. The van der Waals surface area contributed by atoms with E-state index in [1.807, 2.05) is 26.0 Å². The molecule has 0 aliphatic carbocycles. The van der Waals surface area contributed by atoms with Crippen LogP contribution in [0.3, 0.4) is 0 Å². The Labute approximate surface area is 195 Å². The second-order valence-corrected chi connectivity index (χ2v) is 10.8. The molecule has 4 rings (SSSR count). The van der Waals surface area contributed by atoms with Crippen LogP contribution in [0.1, 0.15) is 16.8 Å². The Hall–Kier alpha value is -2.81. The molecule has 0 aliphatic heterocycles. The number of carbonyl (C=O) groups excluding carboxylic acids is 1. The van der Waals surface area contributed by atoms with Gasteiger partial charge in [0.25, 0.3) is 0 Å². The van der Waals surface area contributed by atoms with E-state index in [1.165, 1.54) is 40.5 Å². The Morgan fingerprint density at radius 2 is 1.84 bits per heavy atom. The lowest BCUT2D eigenvalue weighted by Gasteiger charge is -2.19. The number of sulfone groups is 1. The SMILES string of the molecule is Cc1cc(C)c2sc(N(Cc3ccccn3)C(=O)CS(=O)(=O)c3ccc(Cl)cc3)nc2c1. The highest BCUT2D eigenvalue weighted by Crippen LogP contribution is 2.33. The number of thiazole rings is 1. The van der Waals surface area contributed by atoms with Gasteiger partial charge in [0.15, 0.2) is 15.0 Å². The fourth-order valence-electron chi connectivity index (χ4n) is 3.36. The number of hydrogen-bond donors (Lipinski definition) is 0. The van der Waals surface area contributed by atoms with Crippen LogP contribution < -0.4 is 4.90 Å². The highest BCUT2D eigenvalue weighted by Gasteiger charge is 2.27. The van der Waals surface area contributed by atoms with Gasteiger partial charge in [-0.3, -0.25) is 14.7 Å². The topological polar surface area (TPSA) is 80.2 Å². The van der Waals surface area contributed by atoms with Crippen LogP contribution in [0.2, 0.25) is 5.02 Å². The Bertz CT molecular complexity index is 1390. The molecule has 0 N–H and O–H groups in total. The number of aromatic nitrogens is 2. The minimum atomic E-state index is -3.86. The molecule has 32 heavy (non-hydrogen) atoms. The predicted octanol–water partition coefficient (Wildman–Crippen LogP) is 4.97. The van der Waals surface area contributed by atoms with E-state index in [1.54, 1.807) is 18.3 Å². The standard InChI is InChI=1S/C23H20ClN3O3S2/c1-15-11-16(2)22-20(12-15)26-23(31-22)27(13-18-5-3-4-10-25-18)21(28)14-32(29,30)19-8-6-17(24)7-9-19/h3-12H,13-14H2,1-2H3. The number of anilines is 1. The van der Waals surface area contributed by atoms with Gasteiger partial charge in [-0.05, 0) is 67.4 Å². The number of hydrogen-bond acceptors (Lipinski definition) is 6. The number of nitrogens with zero attached hydrogens (tertiary/aromatic N) is 3. The van der Waals surface area contributed by atoms with Crippen molar-refractivity contribution in [3.05, 3.63) is 82.6 Å². The summed E-state index contributed by atoms with van der Waals surface area (Å²) in [6, 6.07) is 15.2. The fraction of sp³-hybridized carbons (Fsp3) is 0.174. The van der Waals surface area contributed by atoms with Crippen LogP contribution in [0.5, 0.6) is 0 Å². The van der Waals surface area contributed by atoms with E-state index in [0.717, 1.165) is 21.3 Å². The molecule has 9 heteroatoms. The summed E-state index contributed by atoms with van der Waals surface area (Å²) in [5, 5.41) is 0.864. The zero-order valence-electron chi connectivity index (χ0n) is 17.4. The lowest BCUT2D eigenvalue weighted by molar-refractivity contribution is -0.116. The first-order valence-electron chi connectivity index (χ1n) is 9.79. The van der Waals surface area contributed by atoms with Crippen LogP contribution in [0, 0.1) is 13.8 Å². The van der Waals surface area contributed by atoms with Crippen LogP contribution in [0.25, 0.3) is 10.2 Å². The van der Waals surface area contributed by atoms with Gasteiger partial charge in [-0.2, -0.15) is 0 Å². The molecule has 0 bridgehead atoms. The van der Waals surface area contributed by atoms with Crippen molar-refractivity contribution >= 4 is 54.0 Å². The molecule has 6 nitrogen and oxygen atoms in total. The van der Waals surface area contributed by atoms with E-state index in [2.05, 4.69) is 16.0 Å². The van der Waals surface area contributed by atoms with Crippen LogP contribution in [0.4, 0.5) is 5.13 Å². The smallest absolute Gasteiger partial charge is 0.244 e. The third-order valence-electron chi connectivity index (χ3n) is 4.87. The van der Waals surface area contributed by atoms with Gasteiger partial charge >= 0.3 is 0 Å². The van der Waals surface area contributed by atoms with Gasteiger partial charge in [0.2, 0.25) is 5.91 Å². The van der Waals surface area contributed by atoms with Gasteiger partial charge in [0, 0.05) is 11.2 Å². The average Bonchev–Trinajstić information content (AvgIpc) is 3.16. The maximum absolute atomic E-state index is 13.3. The molecule has 2 heterocycles. The van der Waals surface area contributed by atoms with Gasteiger partial charge in [-0.1, -0.05) is 35.1 Å². The highest BCUT2D eigenvalue weighted by molar-refractivity contribution is 7.92. The van der Waals surface area contributed by atoms with Crippen molar-refractivity contribution in [1.82, 2.24) is 9.97 Å². The lowest BCUT2D eigenvalue weighted by atomic mass is 10.1. The van der Waals surface area contributed by atoms with E-state index in [9.17, 15) is 13.2 Å². The fourth-order valence-corrected chi connectivity index (χ4v) is 5.72. The molecule has 1 amide bonds. The Balaban J connectivity index is 1.71. The number of amides is 1. The first-order valence-corrected chi connectivity index (χ1v) is 12.6. The molecule has 0 atom stereocenters. The minimum absolute atomic E-state index is 0.0452. The van der Waals surface area contributed by atoms with Gasteiger partial charge in [0.05, 0.1) is 27.4 Å². The van der Waals surface area contributed by atoms with Gasteiger partial charge in [-0.25, -0.2) is 13.4 Å². The Kier molecular flexibility index (Phi) is 6.28. The number of fused-ring (bicyclic) bond motifs is 1. The van der Waals surface area contributed by atoms with E-state index >= 15 is 0 Å². The third kappa shape index (κ3) is 4.82. The number of carbonyl (C=O) groups is 1. The van der Waals surface area contributed by atoms with E-state index in [0.29, 0.717) is 15.8 Å². The predicted molar refractivity (Wildman–Crippen MR) is 128 cm³/mol. The minimum Gasteiger partial charge on any atom is -0.281 e. The molecule has 4 aromatic rings. The van der Waals surface area contributed by atoms with Gasteiger partial charge in [-0.15, -0.1) is 0 Å². The largest absolute Gasteiger partial charge is 0.281 e. The zero-order valence-corrected chi connectivity index (χ0v) is 19.8. The van der Waals surface area contributed by atoms with E-state index in [-0.39, 0.29) is 11.4 Å². The molecule has 0 spiro atoms. The first kappa shape index (κ1) is 22.4. The van der Waals surface area contributed by atoms with Crippen molar-refractivity contribution in [2.45, 2.75) is 25.3 Å². The summed E-state index contributed by atoms with van der Waals surface area (Å²) in [7, 11) is -3.86. The lowest BCUT2D eigenvalue weighted by Crippen LogP contribution is -2.35. The summed E-state index contributed by atoms with van der Waals surface area (Å²) in [6.45, 7) is 4.10. The molecule has 2 aromatic heterocycles. The number of pyridine rings is 1. The average molecular weight is 486 g/mol. The second-order valence-electron chi connectivity index (χ2n) is 7.44. The molecule has 0 saturated carbocycles. The molecule has 0 aliphatic rings. The van der Waals surface area contributed by atoms with Crippen molar-refractivity contribution in [2.75, 3.05) is 10.7 Å². The van der Waals surface area contributed by atoms with Gasteiger partial charge in [0.1, 0.15) is 5.75 Å². The maximum Gasteiger partial charge on any atom is 0.244 e. The summed E-state index contributed by atoms with van der Waals surface area (Å²) >= 11 is 7.23. The van der Waals surface area contributed by atoms with Crippen LogP contribution in [0.15, 0.2) is 65.7 Å². The second kappa shape index (κ2) is 8.97. The Morgan fingerprint density at radius 3 is 2.53 bits per heavy atom. The number of aryl methyl sites for hydroxylation is 2. The van der Waals surface area contributed by atoms with Crippen molar-refractivity contribution in [1.29, 1.82) is 0 Å². The molecule has 0 radical (unpaired) electrons. The maximum atomic E-state index is 13.3. The molecule has 164 valence electrons. The molecular weight excluding hydrogens is 466 g/mol. The normalized spacial score (nSPS) is 11.6. The van der Waals surface area contributed by atoms with Crippen LogP contribution in [-0.2, 0) is 21.2 Å².